The van der Waals surface area contributed by atoms with Gasteiger partial charge in [0.05, 0.1) is 20.1 Å². The van der Waals surface area contributed by atoms with E-state index in [1.807, 2.05) is 24.3 Å². The van der Waals surface area contributed by atoms with Gasteiger partial charge in [-0.2, -0.15) is 0 Å². The SMILES string of the molecule is COC(=O)C(C)C(NCCc1ccc(N)cc1)C(=O)OC. The molecule has 0 bridgehead atoms. The normalized spacial score (nSPS) is 13.3. The van der Waals surface area contributed by atoms with Crippen LogP contribution in [0.2, 0.25) is 0 Å². The van der Waals surface area contributed by atoms with Gasteiger partial charge in [-0.1, -0.05) is 12.1 Å². The summed E-state index contributed by atoms with van der Waals surface area (Å²) in [5.74, 6) is -1.55. The molecule has 3 N–H and O–H groups in total. The maximum absolute atomic E-state index is 11.8. The van der Waals surface area contributed by atoms with E-state index in [1.54, 1.807) is 6.92 Å². The molecule has 0 spiro atoms. The number of esters is 2. The second-order valence-corrected chi connectivity index (χ2v) is 4.76. The Balaban J connectivity index is 2.59. The molecule has 6 heteroatoms. The lowest BCUT2D eigenvalue weighted by Crippen LogP contribution is -2.46. The summed E-state index contributed by atoms with van der Waals surface area (Å²) in [5, 5.41) is 3.04. The highest BCUT2D eigenvalue weighted by Crippen LogP contribution is 2.09. The first-order valence-electron chi connectivity index (χ1n) is 6.73. The molecule has 0 aliphatic heterocycles. The van der Waals surface area contributed by atoms with Gasteiger partial charge >= 0.3 is 11.9 Å². The highest BCUT2D eigenvalue weighted by molar-refractivity contribution is 5.84. The fourth-order valence-electron chi connectivity index (χ4n) is 1.97. The predicted octanol–water partition coefficient (Wildman–Crippen LogP) is 0.752. The van der Waals surface area contributed by atoms with Crippen molar-refractivity contribution < 1.29 is 19.1 Å². The van der Waals surface area contributed by atoms with Crippen LogP contribution in [0.1, 0.15) is 12.5 Å². The van der Waals surface area contributed by atoms with E-state index in [-0.39, 0.29) is 0 Å². The van der Waals surface area contributed by atoms with Crippen LogP contribution in [0, 0.1) is 5.92 Å². The molecule has 0 fully saturated rings. The van der Waals surface area contributed by atoms with Crippen LogP contribution in [0.25, 0.3) is 0 Å². The summed E-state index contributed by atoms with van der Waals surface area (Å²) < 4.78 is 9.39. The average Bonchev–Trinajstić information content (AvgIpc) is 2.51. The molecular weight excluding hydrogens is 272 g/mol. The molecule has 0 saturated heterocycles. The summed E-state index contributed by atoms with van der Waals surface area (Å²) >= 11 is 0. The molecule has 2 atom stereocenters. The molecule has 1 rings (SSSR count). The van der Waals surface area contributed by atoms with Crippen molar-refractivity contribution in [2.45, 2.75) is 19.4 Å². The van der Waals surface area contributed by atoms with Gasteiger partial charge in [0.2, 0.25) is 0 Å². The maximum Gasteiger partial charge on any atom is 0.323 e. The van der Waals surface area contributed by atoms with Crippen molar-refractivity contribution in [2.75, 3.05) is 26.5 Å². The Morgan fingerprint density at radius 2 is 1.71 bits per heavy atom. The van der Waals surface area contributed by atoms with Crippen LogP contribution in [0.15, 0.2) is 24.3 Å². The predicted molar refractivity (Wildman–Crippen MR) is 79.5 cm³/mol. The molecule has 6 nitrogen and oxygen atoms in total. The average molecular weight is 294 g/mol. The van der Waals surface area contributed by atoms with Gasteiger partial charge in [0, 0.05) is 5.69 Å². The Hall–Kier alpha value is -2.08. The number of carbonyl (C=O) groups excluding carboxylic acids is 2. The van der Waals surface area contributed by atoms with Crippen LogP contribution in [0.3, 0.4) is 0 Å². The number of hydrogen-bond donors (Lipinski definition) is 2. The molecule has 0 aliphatic carbocycles. The summed E-state index contributed by atoms with van der Waals surface area (Å²) in [5.41, 5.74) is 7.42. The summed E-state index contributed by atoms with van der Waals surface area (Å²) in [6.07, 6.45) is 0.710. The van der Waals surface area contributed by atoms with Crippen LogP contribution in [-0.4, -0.2) is 38.7 Å². The Bertz CT molecular complexity index is 473. The molecule has 2 unspecified atom stereocenters. The van der Waals surface area contributed by atoms with Crippen LogP contribution in [0.5, 0.6) is 0 Å². The molecule has 21 heavy (non-hydrogen) atoms. The van der Waals surface area contributed by atoms with Crippen LogP contribution in [0.4, 0.5) is 5.69 Å². The minimum Gasteiger partial charge on any atom is -0.469 e. The molecule has 1 aromatic carbocycles. The molecule has 0 aromatic heterocycles. The molecule has 0 saturated carbocycles. The maximum atomic E-state index is 11.8. The first kappa shape index (κ1) is 17.0. The quantitative estimate of drug-likeness (QED) is 0.570. The molecule has 0 radical (unpaired) electrons. The number of nitrogen functional groups attached to an aromatic ring is 1. The van der Waals surface area contributed by atoms with Crippen molar-refractivity contribution in [2.24, 2.45) is 5.92 Å². The van der Waals surface area contributed by atoms with E-state index in [0.29, 0.717) is 18.7 Å². The Kier molecular flexibility index (Phi) is 6.68. The van der Waals surface area contributed by atoms with Gasteiger partial charge in [0.25, 0.3) is 0 Å². The Labute approximate surface area is 124 Å². The summed E-state index contributed by atoms with van der Waals surface area (Å²) in [7, 11) is 2.59. The smallest absolute Gasteiger partial charge is 0.323 e. The molecule has 116 valence electrons. The highest BCUT2D eigenvalue weighted by atomic mass is 16.5. The number of anilines is 1. The van der Waals surface area contributed by atoms with E-state index in [4.69, 9.17) is 10.5 Å². The fraction of sp³-hybridized carbons (Fsp3) is 0.467. The minimum atomic E-state index is -0.726. The second-order valence-electron chi connectivity index (χ2n) is 4.76. The number of methoxy groups -OCH3 is 2. The topological polar surface area (TPSA) is 90.6 Å². The zero-order chi connectivity index (χ0) is 15.8. The first-order chi connectivity index (χ1) is 9.99. The van der Waals surface area contributed by atoms with Crippen LogP contribution in [-0.2, 0) is 25.5 Å². The van der Waals surface area contributed by atoms with Gasteiger partial charge in [0.1, 0.15) is 6.04 Å². The third-order valence-electron chi connectivity index (χ3n) is 3.29. The lowest BCUT2D eigenvalue weighted by Gasteiger charge is -2.21. The van der Waals surface area contributed by atoms with Crippen LogP contribution < -0.4 is 11.1 Å². The number of carbonyl (C=O) groups is 2. The molecule has 0 heterocycles. The molecule has 0 amide bonds. The van der Waals surface area contributed by atoms with E-state index >= 15 is 0 Å². The Morgan fingerprint density at radius 3 is 2.24 bits per heavy atom. The van der Waals surface area contributed by atoms with E-state index in [9.17, 15) is 9.59 Å². The van der Waals surface area contributed by atoms with Gasteiger partial charge < -0.3 is 20.5 Å². The largest absolute Gasteiger partial charge is 0.469 e. The van der Waals surface area contributed by atoms with Crippen molar-refractivity contribution in [1.29, 1.82) is 0 Å². The van der Waals surface area contributed by atoms with Crippen molar-refractivity contribution in [1.82, 2.24) is 5.32 Å². The lowest BCUT2D eigenvalue weighted by atomic mass is 10.0. The monoisotopic (exact) mass is 294 g/mol. The number of rotatable bonds is 7. The number of ether oxygens (including phenoxy) is 2. The van der Waals surface area contributed by atoms with E-state index in [1.165, 1.54) is 14.2 Å². The molecule has 0 aliphatic rings. The summed E-state index contributed by atoms with van der Waals surface area (Å²) in [6, 6.07) is 6.77. The van der Waals surface area contributed by atoms with Gasteiger partial charge in [-0.3, -0.25) is 9.59 Å². The van der Waals surface area contributed by atoms with E-state index in [0.717, 1.165) is 5.56 Å². The molecule has 1 aromatic rings. The number of nitrogens with two attached hydrogens (primary N) is 1. The summed E-state index contributed by atoms with van der Waals surface area (Å²) in [4.78, 5) is 23.3. The third kappa shape index (κ3) is 5.07. The third-order valence-corrected chi connectivity index (χ3v) is 3.29. The van der Waals surface area contributed by atoms with Gasteiger partial charge in [-0.25, -0.2) is 0 Å². The van der Waals surface area contributed by atoms with Crippen LogP contribution >= 0.6 is 0 Å². The van der Waals surface area contributed by atoms with Crippen molar-refractivity contribution in [3.05, 3.63) is 29.8 Å². The number of benzene rings is 1. The van der Waals surface area contributed by atoms with E-state index in [2.05, 4.69) is 10.1 Å². The first-order valence-corrected chi connectivity index (χ1v) is 6.73. The summed E-state index contributed by atoms with van der Waals surface area (Å²) in [6.45, 7) is 2.16. The van der Waals surface area contributed by atoms with Crippen molar-refractivity contribution >= 4 is 17.6 Å². The second kappa shape index (κ2) is 8.26. The number of nitrogens with one attached hydrogen (secondary N) is 1. The Morgan fingerprint density at radius 1 is 1.14 bits per heavy atom. The highest BCUT2D eigenvalue weighted by Gasteiger charge is 2.31. The standard InChI is InChI=1S/C15H22N2O4/c1-10(14(18)20-2)13(15(19)21-3)17-9-8-11-4-6-12(16)7-5-11/h4-7,10,13,17H,8-9,16H2,1-3H3. The lowest BCUT2D eigenvalue weighted by molar-refractivity contribution is -0.154. The van der Waals surface area contributed by atoms with Gasteiger partial charge in [-0.05, 0) is 37.6 Å². The van der Waals surface area contributed by atoms with Crippen molar-refractivity contribution in [3.63, 3.8) is 0 Å². The fourth-order valence-corrected chi connectivity index (χ4v) is 1.97. The van der Waals surface area contributed by atoms with Gasteiger partial charge in [-0.15, -0.1) is 0 Å². The van der Waals surface area contributed by atoms with Gasteiger partial charge in [0.15, 0.2) is 0 Å². The molecular formula is C15H22N2O4. The zero-order valence-electron chi connectivity index (χ0n) is 12.6. The van der Waals surface area contributed by atoms with Crippen molar-refractivity contribution in [3.8, 4) is 0 Å². The minimum absolute atomic E-state index is 0.453. The van der Waals surface area contributed by atoms with E-state index < -0.39 is 23.9 Å². The zero-order valence-corrected chi connectivity index (χ0v) is 12.6. The number of hydrogen-bond acceptors (Lipinski definition) is 6.